The predicted octanol–water partition coefficient (Wildman–Crippen LogP) is 7.42. The Morgan fingerprint density at radius 3 is 1.69 bits per heavy atom. The molecule has 0 saturated carbocycles. The van der Waals surface area contributed by atoms with Crippen LogP contribution >= 0.6 is 23.5 Å². The van der Waals surface area contributed by atoms with Gasteiger partial charge in [0.2, 0.25) is 0 Å². The monoisotopic (exact) mass is 663 g/mol. The van der Waals surface area contributed by atoms with Gasteiger partial charge in [0.05, 0.1) is 4.08 Å². The maximum Gasteiger partial charge on any atom is 0.183 e. The minimum atomic E-state index is -1.66. The molecule has 2 aromatic rings. The number of benzene rings is 2. The Bertz CT molecular complexity index is 1320. The van der Waals surface area contributed by atoms with E-state index in [1.807, 2.05) is 0 Å². The summed E-state index contributed by atoms with van der Waals surface area (Å²) in [7, 11) is 0. The maximum atomic E-state index is 11.3. The van der Waals surface area contributed by atoms with E-state index < -0.39 is 30.6 Å². The van der Waals surface area contributed by atoms with Crippen molar-refractivity contribution in [3.8, 4) is 11.5 Å². The fraction of sp³-hybridized carbons (Fsp3) is 0.657. The molecule has 1 heterocycles. The van der Waals surface area contributed by atoms with Crippen LogP contribution in [0.15, 0.2) is 39.2 Å². The van der Waals surface area contributed by atoms with E-state index in [2.05, 4.69) is 113 Å². The standard InChI is InChI=1S/C35H53NO7S2/c1-13-19-14-20(15-22(27(19)37)32(2,3)4)44-35(11,12)45-21-16-23(33(5,6)7)30(24(17-21)34(8,9)10)42-18-25-28(38)26(36-41)29(39)31(40)43-25/h14-17,25-26,28-29,31,37-40H,13,18H2,1-12H3. The molecule has 5 atom stereocenters. The smallest absolute Gasteiger partial charge is 0.183 e. The second-order valence-corrected chi connectivity index (χ2v) is 19.1. The van der Waals surface area contributed by atoms with Crippen molar-refractivity contribution in [2.45, 2.75) is 150 Å². The number of phenols is 1. The molecule has 0 aromatic heterocycles. The summed E-state index contributed by atoms with van der Waals surface area (Å²) in [6.45, 7) is 25.4. The second kappa shape index (κ2) is 13.7. The van der Waals surface area contributed by atoms with Gasteiger partial charge in [0, 0.05) is 26.5 Å². The summed E-state index contributed by atoms with van der Waals surface area (Å²) >= 11 is 3.53. The highest BCUT2D eigenvalue weighted by Crippen LogP contribution is 2.50. The molecule has 1 saturated heterocycles. The van der Waals surface area contributed by atoms with Crippen LogP contribution in [0.2, 0.25) is 0 Å². The maximum absolute atomic E-state index is 11.3. The molecular weight excluding hydrogens is 611 g/mol. The minimum absolute atomic E-state index is 0.145. The molecule has 0 amide bonds. The Morgan fingerprint density at radius 1 is 0.778 bits per heavy atom. The van der Waals surface area contributed by atoms with Crippen molar-refractivity contribution in [3.63, 3.8) is 0 Å². The van der Waals surface area contributed by atoms with E-state index >= 15 is 0 Å². The third-order valence-electron chi connectivity index (χ3n) is 7.96. The molecule has 1 fully saturated rings. The molecule has 0 aliphatic carbocycles. The van der Waals surface area contributed by atoms with Crippen LogP contribution in [0.1, 0.15) is 105 Å². The zero-order valence-corrected chi connectivity index (χ0v) is 30.5. The lowest BCUT2D eigenvalue weighted by Gasteiger charge is -2.38. The normalized spacial score (nSPS) is 23.2. The fourth-order valence-corrected chi connectivity index (χ4v) is 8.05. The van der Waals surface area contributed by atoms with E-state index in [9.17, 15) is 25.3 Å². The first kappa shape index (κ1) is 37.6. The summed E-state index contributed by atoms with van der Waals surface area (Å²) in [5, 5.41) is 44.6. The Balaban J connectivity index is 2.01. The average Bonchev–Trinajstić information content (AvgIpc) is 2.89. The van der Waals surface area contributed by atoms with Gasteiger partial charge in [0.15, 0.2) is 12.3 Å². The first-order valence-electron chi connectivity index (χ1n) is 15.6. The van der Waals surface area contributed by atoms with Gasteiger partial charge in [0.1, 0.15) is 36.4 Å². The molecule has 5 unspecified atom stereocenters. The van der Waals surface area contributed by atoms with Crippen molar-refractivity contribution >= 4 is 23.5 Å². The molecule has 3 rings (SSSR count). The zero-order valence-electron chi connectivity index (χ0n) is 28.9. The SMILES string of the molecule is CCc1cc(SC(C)(C)Sc2cc(C(C)(C)C)c(OCC3OC(O)C(O)C(N=O)C3O)c(C(C)(C)C)c2)cc(C(C)(C)C)c1O. The molecule has 45 heavy (non-hydrogen) atoms. The summed E-state index contributed by atoms with van der Waals surface area (Å²) in [6.07, 6.45) is -5.02. The van der Waals surface area contributed by atoms with E-state index in [4.69, 9.17) is 9.47 Å². The lowest BCUT2D eigenvalue weighted by Crippen LogP contribution is -2.58. The number of hydrogen-bond acceptors (Lipinski definition) is 10. The Kier molecular flexibility index (Phi) is 11.5. The lowest BCUT2D eigenvalue weighted by molar-refractivity contribution is -0.256. The van der Waals surface area contributed by atoms with Gasteiger partial charge in [-0.2, -0.15) is 4.91 Å². The van der Waals surface area contributed by atoms with Gasteiger partial charge in [-0.15, -0.1) is 23.5 Å². The molecule has 0 bridgehead atoms. The molecule has 2 aromatic carbocycles. The zero-order chi connectivity index (χ0) is 34.3. The van der Waals surface area contributed by atoms with Gasteiger partial charge in [-0.3, -0.25) is 0 Å². The first-order valence-corrected chi connectivity index (χ1v) is 17.2. The van der Waals surface area contributed by atoms with Gasteiger partial charge >= 0.3 is 0 Å². The van der Waals surface area contributed by atoms with Crippen molar-refractivity contribution in [1.82, 2.24) is 0 Å². The van der Waals surface area contributed by atoms with Crippen molar-refractivity contribution < 1.29 is 29.9 Å². The third kappa shape index (κ3) is 8.96. The van der Waals surface area contributed by atoms with Crippen LogP contribution in [-0.4, -0.2) is 61.8 Å². The predicted molar refractivity (Wildman–Crippen MR) is 184 cm³/mol. The van der Waals surface area contributed by atoms with Crippen molar-refractivity contribution in [2.75, 3.05) is 6.61 Å². The van der Waals surface area contributed by atoms with Crippen molar-refractivity contribution in [2.24, 2.45) is 5.18 Å². The topological polar surface area (TPSA) is 129 Å². The van der Waals surface area contributed by atoms with E-state index in [0.29, 0.717) is 11.5 Å². The average molecular weight is 664 g/mol. The molecular formula is C35H53NO7S2. The fourth-order valence-electron chi connectivity index (χ4n) is 5.44. The van der Waals surface area contributed by atoms with Gasteiger partial charge < -0.3 is 29.9 Å². The highest BCUT2D eigenvalue weighted by Gasteiger charge is 2.45. The number of hydrogen-bond donors (Lipinski definition) is 4. The summed E-state index contributed by atoms with van der Waals surface area (Å²) in [4.78, 5) is 13.5. The number of phenolic OH excluding ortho intramolecular Hbond substituents is 1. The highest BCUT2D eigenvalue weighted by molar-refractivity contribution is 8.18. The number of aliphatic hydroxyl groups excluding tert-OH is 3. The van der Waals surface area contributed by atoms with E-state index in [1.165, 1.54) is 0 Å². The van der Waals surface area contributed by atoms with Gasteiger partial charge in [-0.25, -0.2) is 0 Å². The summed E-state index contributed by atoms with van der Waals surface area (Å²) in [5.74, 6) is 1.05. The van der Waals surface area contributed by atoms with E-state index in [1.54, 1.807) is 23.5 Å². The van der Waals surface area contributed by atoms with E-state index in [-0.39, 0.29) is 26.9 Å². The number of thioether (sulfide) groups is 2. The molecule has 1 aliphatic heterocycles. The van der Waals surface area contributed by atoms with Crippen LogP contribution in [0.4, 0.5) is 0 Å². The van der Waals surface area contributed by atoms with Crippen molar-refractivity contribution in [3.05, 3.63) is 51.4 Å². The molecule has 1 aliphatic rings. The largest absolute Gasteiger partial charge is 0.507 e. The quantitative estimate of drug-likeness (QED) is 0.123. The molecule has 10 heteroatoms. The van der Waals surface area contributed by atoms with Crippen LogP contribution in [-0.2, 0) is 27.4 Å². The first-order chi connectivity index (χ1) is 20.5. The van der Waals surface area contributed by atoms with E-state index in [0.717, 1.165) is 38.5 Å². The molecule has 0 radical (unpaired) electrons. The van der Waals surface area contributed by atoms with Crippen LogP contribution in [0.3, 0.4) is 0 Å². The van der Waals surface area contributed by atoms with Gasteiger partial charge in [-0.1, -0.05) is 74.4 Å². The third-order valence-corrected chi connectivity index (χ3v) is 10.4. The number of ether oxygens (including phenoxy) is 2. The van der Waals surface area contributed by atoms with Gasteiger partial charge in [-0.05, 0) is 66.3 Å². The van der Waals surface area contributed by atoms with Crippen LogP contribution in [0.25, 0.3) is 0 Å². The molecule has 252 valence electrons. The lowest BCUT2D eigenvalue weighted by atomic mass is 9.79. The Labute approximate surface area is 277 Å². The number of aromatic hydroxyl groups is 1. The summed E-state index contributed by atoms with van der Waals surface area (Å²) in [6, 6.07) is 7.09. The summed E-state index contributed by atoms with van der Waals surface area (Å²) in [5.41, 5.74) is 3.02. The number of aryl methyl sites for hydroxylation is 1. The molecule has 8 nitrogen and oxygen atoms in total. The second-order valence-electron chi connectivity index (χ2n) is 15.5. The van der Waals surface area contributed by atoms with Crippen LogP contribution in [0, 0.1) is 4.91 Å². The highest BCUT2D eigenvalue weighted by atomic mass is 32.2. The number of rotatable bonds is 9. The molecule has 0 spiro atoms. The molecule has 4 N–H and O–H groups in total. The number of nitrogens with zero attached hydrogens (tertiary/aromatic N) is 1. The van der Waals surface area contributed by atoms with Crippen molar-refractivity contribution in [1.29, 1.82) is 0 Å². The van der Waals surface area contributed by atoms with Crippen LogP contribution in [0.5, 0.6) is 11.5 Å². The number of nitroso groups, excluding NO2 is 1. The van der Waals surface area contributed by atoms with Gasteiger partial charge in [0.25, 0.3) is 0 Å². The summed E-state index contributed by atoms with van der Waals surface area (Å²) < 4.78 is 11.6. The minimum Gasteiger partial charge on any atom is -0.507 e. The Hall–Kier alpha value is -1.82. The Morgan fingerprint density at radius 2 is 1.24 bits per heavy atom. The number of aliphatic hydroxyl groups is 3. The van der Waals surface area contributed by atoms with Crippen LogP contribution < -0.4 is 4.74 Å².